The molecule has 0 aliphatic carbocycles. The SMILES string of the molecule is O=C(NCc1ccc(F)c(Cl)c1)[C@@H]1CCCN(c2nnc3ccccn23)C1. The van der Waals surface area contributed by atoms with E-state index < -0.39 is 5.82 Å². The van der Waals surface area contributed by atoms with Gasteiger partial charge < -0.3 is 10.2 Å². The Morgan fingerprint density at radius 3 is 3.04 bits per heavy atom. The number of aromatic nitrogens is 3. The molecule has 0 spiro atoms. The Labute approximate surface area is 161 Å². The number of rotatable bonds is 4. The molecular weight excluding hydrogens is 369 g/mol. The van der Waals surface area contributed by atoms with Crippen molar-refractivity contribution in [3.8, 4) is 0 Å². The van der Waals surface area contributed by atoms with Crippen molar-refractivity contribution in [1.82, 2.24) is 19.9 Å². The molecule has 1 atom stereocenters. The van der Waals surface area contributed by atoms with E-state index in [1.54, 1.807) is 6.07 Å². The maximum absolute atomic E-state index is 13.2. The third-order valence-corrected chi connectivity index (χ3v) is 5.11. The second-order valence-corrected chi connectivity index (χ2v) is 7.09. The Morgan fingerprint density at radius 1 is 1.30 bits per heavy atom. The van der Waals surface area contributed by atoms with Crippen molar-refractivity contribution in [3.05, 3.63) is 59.0 Å². The summed E-state index contributed by atoms with van der Waals surface area (Å²) in [5.74, 6) is 0.142. The second kappa shape index (κ2) is 7.52. The highest BCUT2D eigenvalue weighted by Crippen LogP contribution is 2.23. The molecule has 4 rings (SSSR count). The molecule has 0 bridgehead atoms. The van der Waals surface area contributed by atoms with Crippen LogP contribution in [-0.2, 0) is 11.3 Å². The number of anilines is 1. The predicted octanol–water partition coefficient (Wildman–Crippen LogP) is 3.05. The van der Waals surface area contributed by atoms with Crippen molar-refractivity contribution in [2.45, 2.75) is 19.4 Å². The smallest absolute Gasteiger partial charge is 0.231 e. The summed E-state index contributed by atoms with van der Waals surface area (Å²) in [5, 5.41) is 11.5. The third kappa shape index (κ3) is 3.73. The topological polar surface area (TPSA) is 62.5 Å². The Bertz CT molecular complexity index is 976. The van der Waals surface area contributed by atoms with Gasteiger partial charge in [-0.3, -0.25) is 9.20 Å². The van der Waals surface area contributed by atoms with Crippen molar-refractivity contribution in [1.29, 1.82) is 0 Å². The number of nitrogens with one attached hydrogen (secondary N) is 1. The van der Waals surface area contributed by atoms with Crippen LogP contribution in [0.2, 0.25) is 5.02 Å². The van der Waals surface area contributed by atoms with Gasteiger partial charge in [-0.25, -0.2) is 4.39 Å². The Hall–Kier alpha value is -2.67. The zero-order chi connectivity index (χ0) is 18.8. The molecule has 1 aliphatic rings. The van der Waals surface area contributed by atoms with Gasteiger partial charge in [0, 0.05) is 25.8 Å². The van der Waals surface area contributed by atoms with Crippen LogP contribution in [0.1, 0.15) is 18.4 Å². The van der Waals surface area contributed by atoms with E-state index in [0.29, 0.717) is 13.1 Å². The monoisotopic (exact) mass is 387 g/mol. The number of benzene rings is 1. The van der Waals surface area contributed by atoms with Crippen LogP contribution in [0.4, 0.5) is 10.3 Å². The average molecular weight is 388 g/mol. The predicted molar refractivity (Wildman–Crippen MR) is 101 cm³/mol. The zero-order valence-electron chi connectivity index (χ0n) is 14.6. The van der Waals surface area contributed by atoms with Crippen molar-refractivity contribution in [3.63, 3.8) is 0 Å². The number of fused-ring (bicyclic) bond motifs is 1. The first-order valence-electron chi connectivity index (χ1n) is 8.88. The minimum Gasteiger partial charge on any atom is -0.352 e. The normalized spacial score (nSPS) is 17.3. The van der Waals surface area contributed by atoms with Crippen LogP contribution < -0.4 is 10.2 Å². The van der Waals surface area contributed by atoms with Gasteiger partial charge in [-0.1, -0.05) is 23.7 Å². The molecule has 1 aliphatic heterocycles. The fraction of sp³-hybridized carbons (Fsp3) is 0.316. The summed E-state index contributed by atoms with van der Waals surface area (Å²) < 4.78 is 15.2. The summed E-state index contributed by atoms with van der Waals surface area (Å²) in [6.45, 7) is 1.75. The molecule has 0 unspecified atom stereocenters. The molecule has 1 fully saturated rings. The number of amides is 1. The number of nitrogens with zero attached hydrogens (tertiary/aromatic N) is 4. The largest absolute Gasteiger partial charge is 0.352 e. The van der Waals surface area contributed by atoms with Gasteiger partial charge >= 0.3 is 0 Å². The van der Waals surface area contributed by atoms with Crippen LogP contribution in [0.25, 0.3) is 5.65 Å². The Kier molecular flexibility index (Phi) is 4.94. The fourth-order valence-electron chi connectivity index (χ4n) is 3.40. The summed E-state index contributed by atoms with van der Waals surface area (Å²) in [4.78, 5) is 14.7. The number of hydrogen-bond acceptors (Lipinski definition) is 4. The lowest BCUT2D eigenvalue weighted by Gasteiger charge is -2.32. The number of halogens is 2. The van der Waals surface area contributed by atoms with E-state index in [4.69, 9.17) is 11.6 Å². The van der Waals surface area contributed by atoms with Crippen LogP contribution >= 0.6 is 11.6 Å². The maximum Gasteiger partial charge on any atom is 0.231 e. The van der Waals surface area contributed by atoms with Gasteiger partial charge in [0.1, 0.15) is 5.82 Å². The van der Waals surface area contributed by atoms with Gasteiger partial charge in [0.05, 0.1) is 10.9 Å². The van der Waals surface area contributed by atoms with E-state index in [0.717, 1.165) is 36.5 Å². The number of carbonyl (C=O) groups is 1. The van der Waals surface area contributed by atoms with E-state index in [1.807, 2.05) is 28.8 Å². The molecule has 1 aromatic carbocycles. The van der Waals surface area contributed by atoms with Crippen molar-refractivity contribution >= 4 is 29.1 Å². The zero-order valence-corrected chi connectivity index (χ0v) is 15.4. The molecule has 1 saturated heterocycles. The van der Waals surface area contributed by atoms with E-state index >= 15 is 0 Å². The third-order valence-electron chi connectivity index (χ3n) is 4.82. The van der Waals surface area contributed by atoms with Crippen LogP contribution in [0.5, 0.6) is 0 Å². The lowest BCUT2D eigenvalue weighted by molar-refractivity contribution is -0.125. The quantitative estimate of drug-likeness (QED) is 0.747. The lowest BCUT2D eigenvalue weighted by atomic mass is 9.97. The highest BCUT2D eigenvalue weighted by atomic mass is 35.5. The second-order valence-electron chi connectivity index (χ2n) is 6.68. The number of pyridine rings is 1. The summed E-state index contributed by atoms with van der Waals surface area (Å²) >= 11 is 5.79. The van der Waals surface area contributed by atoms with Gasteiger partial charge in [0.15, 0.2) is 5.65 Å². The molecule has 6 nitrogen and oxygen atoms in total. The van der Waals surface area contributed by atoms with Crippen molar-refractivity contribution in [2.24, 2.45) is 5.92 Å². The van der Waals surface area contributed by atoms with Crippen LogP contribution in [0.15, 0.2) is 42.6 Å². The van der Waals surface area contributed by atoms with Crippen molar-refractivity contribution < 1.29 is 9.18 Å². The fourth-order valence-corrected chi connectivity index (χ4v) is 3.60. The van der Waals surface area contributed by atoms with E-state index in [1.165, 1.54) is 12.1 Å². The number of piperidine rings is 1. The first-order valence-corrected chi connectivity index (χ1v) is 9.26. The van der Waals surface area contributed by atoms with Crippen LogP contribution in [-0.4, -0.2) is 33.6 Å². The van der Waals surface area contributed by atoms with Gasteiger partial charge in [-0.05, 0) is 42.7 Å². The molecule has 27 heavy (non-hydrogen) atoms. The number of hydrogen-bond donors (Lipinski definition) is 1. The summed E-state index contributed by atoms with van der Waals surface area (Å²) in [6, 6.07) is 10.2. The van der Waals surface area contributed by atoms with E-state index in [-0.39, 0.29) is 16.8 Å². The molecule has 3 heterocycles. The molecule has 8 heteroatoms. The first kappa shape index (κ1) is 17.7. The molecule has 1 amide bonds. The molecule has 1 N–H and O–H groups in total. The van der Waals surface area contributed by atoms with E-state index in [9.17, 15) is 9.18 Å². The summed E-state index contributed by atoms with van der Waals surface area (Å²) in [7, 11) is 0. The molecule has 2 aromatic heterocycles. The molecular formula is C19H19ClFN5O. The maximum atomic E-state index is 13.2. The number of carbonyl (C=O) groups excluding carboxylic acids is 1. The van der Waals surface area contributed by atoms with Crippen LogP contribution in [0.3, 0.4) is 0 Å². The van der Waals surface area contributed by atoms with Gasteiger partial charge in [-0.2, -0.15) is 0 Å². The highest BCUT2D eigenvalue weighted by molar-refractivity contribution is 6.30. The molecule has 0 saturated carbocycles. The highest BCUT2D eigenvalue weighted by Gasteiger charge is 2.28. The Balaban J connectivity index is 1.41. The molecule has 0 radical (unpaired) electrons. The standard InChI is InChI=1S/C19H19ClFN5O/c20-15-10-13(6-7-16(15)21)11-22-18(27)14-4-3-8-25(12-14)19-24-23-17-5-1-2-9-26(17)19/h1-2,5-7,9-10,14H,3-4,8,11-12H2,(H,22,27)/t14-/m1/s1. The van der Waals surface area contributed by atoms with Gasteiger partial charge in [-0.15, -0.1) is 10.2 Å². The molecule has 3 aromatic rings. The molecule has 140 valence electrons. The van der Waals surface area contributed by atoms with Crippen molar-refractivity contribution in [2.75, 3.05) is 18.0 Å². The van der Waals surface area contributed by atoms with Gasteiger partial charge in [0.25, 0.3) is 0 Å². The summed E-state index contributed by atoms with van der Waals surface area (Å²) in [6.07, 6.45) is 3.65. The first-order chi connectivity index (χ1) is 13.1. The van der Waals surface area contributed by atoms with Gasteiger partial charge in [0.2, 0.25) is 11.9 Å². The minimum atomic E-state index is -0.463. The van der Waals surface area contributed by atoms with Crippen LogP contribution in [0, 0.1) is 11.7 Å². The average Bonchev–Trinajstić information content (AvgIpc) is 3.13. The summed E-state index contributed by atoms with van der Waals surface area (Å²) in [5.41, 5.74) is 1.55. The minimum absolute atomic E-state index is 0.0195. The lowest BCUT2D eigenvalue weighted by Crippen LogP contribution is -2.43. The van der Waals surface area contributed by atoms with E-state index in [2.05, 4.69) is 20.4 Å². The Morgan fingerprint density at radius 2 is 2.19 bits per heavy atom.